The fourth-order valence-corrected chi connectivity index (χ4v) is 5.10. The summed E-state index contributed by atoms with van der Waals surface area (Å²) in [5.41, 5.74) is 1.63. The molecule has 3 heterocycles. The second-order valence-corrected chi connectivity index (χ2v) is 9.12. The van der Waals surface area contributed by atoms with Gasteiger partial charge in [0, 0.05) is 18.4 Å². The Labute approximate surface area is 190 Å². The van der Waals surface area contributed by atoms with E-state index in [2.05, 4.69) is 25.6 Å². The van der Waals surface area contributed by atoms with Crippen molar-refractivity contribution in [3.05, 3.63) is 84.4 Å². The van der Waals surface area contributed by atoms with Gasteiger partial charge in [-0.3, -0.25) is 0 Å². The zero-order chi connectivity index (χ0) is 22.0. The van der Waals surface area contributed by atoms with E-state index in [1.54, 1.807) is 0 Å². The lowest BCUT2D eigenvalue weighted by atomic mass is 9.79. The van der Waals surface area contributed by atoms with E-state index in [4.69, 9.17) is 23.7 Å². The molecule has 3 fully saturated rings. The summed E-state index contributed by atoms with van der Waals surface area (Å²) in [6.45, 7) is 7.08. The van der Waals surface area contributed by atoms with Crippen molar-refractivity contribution in [1.29, 1.82) is 0 Å². The molecule has 0 unspecified atom stereocenters. The molecule has 5 rings (SSSR count). The fourth-order valence-electron chi connectivity index (χ4n) is 5.10. The SMILES string of the molecule is C=CC[C@@H]1C[C@H](OCc2ccccc2)[C@]2(C)O[C@@H]3CO[C@@H](c4ccccc4)O[C@H]3C[C@H]2O1. The lowest BCUT2D eigenvalue weighted by molar-refractivity contribution is -0.356. The molecule has 0 aliphatic carbocycles. The molecule has 0 aromatic heterocycles. The fraction of sp³-hybridized carbons (Fsp3) is 0.481. The number of hydrogen-bond acceptors (Lipinski definition) is 5. The predicted octanol–water partition coefficient (Wildman–Crippen LogP) is 4.97. The second kappa shape index (κ2) is 9.46. The molecule has 170 valence electrons. The van der Waals surface area contributed by atoms with E-state index < -0.39 is 5.60 Å². The summed E-state index contributed by atoms with van der Waals surface area (Å²) in [6, 6.07) is 20.3. The van der Waals surface area contributed by atoms with Crippen LogP contribution in [0.15, 0.2) is 73.3 Å². The zero-order valence-corrected chi connectivity index (χ0v) is 18.6. The van der Waals surface area contributed by atoms with Crippen molar-refractivity contribution < 1.29 is 23.7 Å². The molecule has 0 radical (unpaired) electrons. The smallest absolute Gasteiger partial charge is 0.184 e. The normalized spacial score (nSPS) is 36.7. The molecule has 7 atom stereocenters. The molecule has 5 nitrogen and oxygen atoms in total. The van der Waals surface area contributed by atoms with E-state index in [0.29, 0.717) is 13.2 Å². The van der Waals surface area contributed by atoms with Crippen LogP contribution < -0.4 is 0 Å². The highest BCUT2D eigenvalue weighted by molar-refractivity contribution is 5.17. The highest BCUT2D eigenvalue weighted by Crippen LogP contribution is 2.45. The molecular weight excluding hydrogens is 404 g/mol. The number of hydrogen-bond donors (Lipinski definition) is 0. The van der Waals surface area contributed by atoms with Gasteiger partial charge < -0.3 is 23.7 Å². The molecule has 32 heavy (non-hydrogen) atoms. The van der Waals surface area contributed by atoms with Gasteiger partial charge in [-0.05, 0) is 18.9 Å². The first-order valence-corrected chi connectivity index (χ1v) is 11.6. The standard InChI is InChI=1S/C27H32O5/c1-3-10-21-15-24(28-17-19-11-6-4-7-12-19)27(2)25(30-21)16-22-23(32-27)18-29-26(31-22)20-13-8-5-9-14-20/h3-9,11-14,21-26H,1,10,15-18H2,2H3/t21-,22+,23-,24+,25-,26-,27+/m1/s1. The third-order valence-corrected chi connectivity index (χ3v) is 6.88. The first-order chi connectivity index (χ1) is 15.7. The quantitative estimate of drug-likeness (QED) is 0.599. The van der Waals surface area contributed by atoms with Gasteiger partial charge in [-0.2, -0.15) is 0 Å². The van der Waals surface area contributed by atoms with Crippen molar-refractivity contribution >= 4 is 0 Å². The van der Waals surface area contributed by atoms with E-state index in [-0.39, 0.29) is 36.8 Å². The van der Waals surface area contributed by atoms with Gasteiger partial charge >= 0.3 is 0 Å². The lowest BCUT2D eigenvalue weighted by Gasteiger charge is -2.56. The number of fused-ring (bicyclic) bond motifs is 2. The molecule has 0 amide bonds. The van der Waals surface area contributed by atoms with Crippen LogP contribution in [0, 0.1) is 0 Å². The van der Waals surface area contributed by atoms with Crippen LogP contribution in [0.5, 0.6) is 0 Å². The van der Waals surface area contributed by atoms with Crippen LogP contribution in [-0.4, -0.2) is 42.7 Å². The van der Waals surface area contributed by atoms with Gasteiger partial charge in [0.15, 0.2) is 6.29 Å². The summed E-state index contributed by atoms with van der Waals surface area (Å²) in [7, 11) is 0. The van der Waals surface area contributed by atoms with Crippen molar-refractivity contribution in [2.45, 2.75) is 75.2 Å². The summed E-state index contributed by atoms with van der Waals surface area (Å²) in [5.74, 6) is 0. The lowest BCUT2D eigenvalue weighted by Crippen LogP contribution is -2.67. The first-order valence-electron chi connectivity index (χ1n) is 11.6. The Bertz CT molecular complexity index is 887. The van der Waals surface area contributed by atoms with Crippen molar-refractivity contribution in [3.8, 4) is 0 Å². The van der Waals surface area contributed by atoms with E-state index in [1.807, 2.05) is 54.6 Å². The van der Waals surface area contributed by atoms with Gasteiger partial charge in [-0.25, -0.2) is 0 Å². The zero-order valence-electron chi connectivity index (χ0n) is 18.6. The maximum absolute atomic E-state index is 6.67. The van der Waals surface area contributed by atoms with Crippen molar-refractivity contribution in [1.82, 2.24) is 0 Å². The summed E-state index contributed by atoms with van der Waals surface area (Å²) >= 11 is 0. The van der Waals surface area contributed by atoms with Crippen molar-refractivity contribution in [2.24, 2.45) is 0 Å². The third kappa shape index (κ3) is 4.41. The topological polar surface area (TPSA) is 46.2 Å². The van der Waals surface area contributed by atoms with Crippen LogP contribution in [0.3, 0.4) is 0 Å². The minimum Gasteiger partial charge on any atom is -0.371 e. The molecule has 3 aliphatic heterocycles. The average molecular weight is 437 g/mol. The van der Waals surface area contributed by atoms with Crippen molar-refractivity contribution in [3.63, 3.8) is 0 Å². The van der Waals surface area contributed by atoms with E-state index in [1.165, 1.54) is 0 Å². The van der Waals surface area contributed by atoms with E-state index >= 15 is 0 Å². The maximum Gasteiger partial charge on any atom is 0.184 e. The Morgan fingerprint density at radius 3 is 2.50 bits per heavy atom. The van der Waals surface area contributed by atoms with Crippen LogP contribution in [-0.2, 0) is 30.3 Å². The summed E-state index contributed by atoms with van der Waals surface area (Å²) in [4.78, 5) is 0. The molecule has 0 saturated carbocycles. The highest BCUT2D eigenvalue weighted by atomic mass is 16.7. The third-order valence-electron chi connectivity index (χ3n) is 6.88. The molecule has 2 aromatic carbocycles. The Morgan fingerprint density at radius 1 is 1.00 bits per heavy atom. The molecule has 2 aromatic rings. The Morgan fingerprint density at radius 2 is 1.75 bits per heavy atom. The summed E-state index contributed by atoms with van der Waals surface area (Å²) < 4.78 is 32.0. The van der Waals surface area contributed by atoms with Crippen molar-refractivity contribution in [2.75, 3.05) is 6.61 Å². The van der Waals surface area contributed by atoms with Gasteiger partial charge in [0.05, 0.1) is 37.6 Å². The number of ether oxygens (including phenoxy) is 5. The Kier molecular flexibility index (Phi) is 6.44. The summed E-state index contributed by atoms with van der Waals surface area (Å²) in [6.07, 6.45) is 3.52. The monoisotopic (exact) mass is 436 g/mol. The van der Waals surface area contributed by atoms with Gasteiger partial charge in [0.25, 0.3) is 0 Å². The van der Waals surface area contributed by atoms with Crippen LogP contribution in [0.2, 0.25) is 0 Å². The van der Waals surface area contributed by atoms with E-state index in [0.717, 1.165) is 30.4 Å². The van der Waals surface area contributed by atoms with Gasteiger partial charge in [0.1, 0.15) is 11.7 Å². The molecule has 0 bridgehead atoms. The largest absolute Gasteiger partial charge is 0.371 e. The molecule has 0 N–H and O–H groups in total. The highest BCUT2D eigenvalue weighted by Gasteiger charge is 2.57. The first kappa shape index (κ1) is 21.8. The Balaban J connectivity index is 1.32. The summed E-state index contributed by atoms with van der Waals surface area (Å²) in [5, 5.41) is 0. The predicted molar refractivity (Wildman–Crippen MR) is 121 cm³/mol. The van der Waals surface area contributed by atoms with Crippen LogP contribution >= 0.6 is 0 Å². The Hall–Kier alpha value is -2.02. The molecular formula is C27H32O5. The molecule has 3 aliphatic rings. The number of benzene rings is 2. The second-order valence-electron chi connectivity index (χ2n) is 9.12. The molecule has 5 heteroatoms. The van der Waals surface area contributed by atoms with Gasteiger partial charge in [0.2, 0.25) is 0 Å². The van der Waals surface area contributed by atoms with Gasteiger partial charge in [-0.15, -0.1) is 6.58 Å². The van der Waals surface area contributed by atoms with E-state index in [9.17, 15) is 0 Å². The van der Waals surface area contributed by atoms with Crippen LogP contribution in [0.4, 0.5) is 0 Å². The maximum atomic E-state index is 6.67. The van der Waals surface area contributed by atoms with Crippen LogP contribution in [0.25, 0.3) is 0 Å². The molecule has 3 saturated heterocycles. The van der Waals surface area contributed by atoms with Gasteiger partial charge in [-0.1, -0.05) is 66.7 Å². The average Bonchev–Trinajstić information content (AvgIpc) is 2.83. The molecule has 0 spiro atoms. The minimum absolute atomic E-state index is 0.0660. The van der Waals surface area contributed by atoms with Crippen LogP contribution in [0.1, 0.15) is 43.6 Å². The minimum atomic E-state index is -0.556. The number of rotatable bonds is 6.